The van der Waals surface area contributed by atoms with Crippen LogP contribution in [0.3, 0.4) is 0 Å². The molecule has 0 aliphatic carbocycles. The lowest BCUT2D eigenvalue weighted by atomic mass is 10.0. The van der Waals surface area contributed by atoms with Gasteiger partial charge in [0.25, 0.3) is 5.91 Å². The first-order valence-corrected chi connectivity index (χ1v) is 9.11. The van der Waals surface area contributed by atoms with Crippen LogP contribution in [0.5, 0.6) is 0 Å². The molecule has 128 valence electrons. The van der Waals surface area contributed by atoms with E-state index in [-0.39, 0.29) is 5.91 Å². The van der Waals surface area contributed by atoms with Gasteiger partial charge in [0.05, 0.1) is 15.6 Å². The summed E-state index contributed by atoms with van der Waals surface area (Å²) in [6.45, 7) is 4.32. The first-order valence-electron chi connectivity index (χ1n) is 7.91. The van der Waals surface area contributed by atoms with Crippen molar-refractivity contribution < 1.29 is 4.79 Å². The third-order valence-corrected chi connectivity index (χ3v) is 5.22. The van der Waals surface area contributed by atoms with E-state index in [0.717, 1.165) is 5.56 Å². The molecule has 1 aromatic heterocycles. The fourth-order valence-electron chi connectivity index (χ4n) is 2.34. The highest BCUT2D eigenvalue weighted by Gasteiger charge is 2.30. The molecule has 0 unspecified atom stereocenters. The van der Waals surface area contributed by atoms with Crippen molar-refractivity contribution in [1.82, 2.24) is 9.88 Å². The maximum absolute atomic E-state index is 12.5. The highest BCUT2D eigenvalue weighted by atomic mass is 35.5. The number of rotatable bonds is 3. The molecule has 0 saturated carbocycles. The van der Waals surface area contributed by atoms with Gasteiger partial charge in [-0.3, -0.25) is 14.7 Å². The minimum Gasteiger partial charge on any atom is -0.290 e. The molecule has 0 N–H and O–H groups in total. The minimum absolute atomic E-state index is 0.0677. The number of pyridine rings is 1. The number of thioether (sulfide) groups is 1. The molecular formula is C19H18ClN3OS. The Morgan fingerprint density at radius 2 is 1.96 bits per heavy atom. The molecule has 0 atom stereocenters. The molecule has 1 fully saturated rings. The van der Waals surface area contributed by atoms with E-state index in [1.54, 1.807) is 19.3 Å². The summed E-state index contributed by atoms with van der Waals surface area (Å²) in [5, 5.41) is 1.06. The van der Waals surface area contributed by atoms with Crippen LogP contribution in [-0.2, 0) is 4.79 Å². The first kappa shape index (κ1) is 17.7. The maximum atomic E-state index is 12.5. The van der Waals surface area contributed by atoms with Crippen LogP contribution in [0.25, 0.3) is 6.08 Å². The molecule has 25 heavy (non-hydrogen) atoms. The van der Waals surface area contributed by atoms with Gasteiger partial charge in [-0.2, -0.15) is 0 Å². The zero-order chi connectivity index (χ0) is 18.0. The van der Waals surface area contributed by atoms with Crippen LogP contribution in [0.15, 0.2) is 52.6 Å². The van der Waals surface area contributed by atoms with E-state index in [1.807, 2.05) is 18.2 Å². The Balaban J connectivity index is 1.87. The fraction of sp³-hybridized carbons (Fsp3) is 0.211. The lowest BCUT2D eigenvalue weighted by Crippen LogP contribution is -2.23. The smallest absolute Gasteiger partial charge is 0.266 e. The van der Waals surface area contributed by atoms with E-state index in [2.05, 4.69) is 36.0 Å². The number of carbonyl (C=O) groups excluding carboxylic acids is 1. The monoisotopic (exact) mass is 371 g/mol. The van der Waals surface area contributed by atoms with Gasteiger partial charge in [0.15, 0.2) is 5.17 Å². The first-order chi connectivity index (χ1) is 12.0. The number of likely N-dealkylation sites (N-methyl/N-ethyl adjacent to an activating group) is 1. The summed E-state index contributed by atoms with van der Waals surface area (Å²) in [5.74, 6) is 0.418. The Hall–Kier alpha value is -2.11. The summed E-state index contributed by atoms with van der Waals surface area (Å²) in [7, 11) is 1.71. The van der Waals surface area contributed by atoms with Crippen molar-refractivity contribution in [1.29, 1.82) is 0 Å². The Morgan fingerprint density at radius 3 is 2.60 bits per heavy atom. The van der Waals surface area contributed by atoms with E-state index < -0.39 is 0 Å². The second-order valence-corrected chi connectivity index (χ2v) is 7.43. The third kappa shape index (κ3) is 3.94. The highest BCUT2D eigenvalue weighted by molar-refractivity contribution is 8.18. The average molecular weight is 372 g/mol. The van der Waals surface area contributed by atoms with Crippen molar-refractivity contribution in [3.8, 4) is 0 Å². The van der Waals surface area contributed by atoms with E-state index in [4.69, 9.17) is 11.6 Å². The Kier molecular flexibility index (Phi) is 5.25. The van der Waals surface area contributed by atoms with Gasteiger partial charge in [0.1, 0.15) is 0 Å². The number of nitrogens with zero attached hydrogens (tertiary/aromatic N) is 3. The predicted molar refractivity (Wildman–Crippen MR) is 105 cm³/mol. The van der Waals surface area contributed by atoms with Gasteiger partial charge in [-0.15, -0.1) is 0 Å². The summed E-state index contributed by atoms with van der Waals surface area (Å²) in [4.78, 5) is 23.1. The third-order valence-electron chi connectivity index (χ3n) is 3.87. The van der Waals surface area contributed by atoms with Gasteiger partial charge in [-0.25, -0.2) is 4.99 Å². The number of aliphatic imine (C=N–C) groups is 1. The summed E-state index contributed by atoms with van der Waals surface area (Å²) < 4.78 is 0. The summed E-state index contributed by atoms with van der Waals surface area (Å²) in [6.07, 6.45) is 5.06. The van der Waals surface area contributed by atoms with Crippen LogP contribution in [0.2, 0.25) is 5.02 Å². The number of carbonyl (C=O) groups is 1. The van der Waals surface area contributed by atoms with Crippen molar-refractivity contribution in [2.45, 2.75) is 19.8 Å². The van der Waals surface area contributed by atoms with E-state index in [0.29, 0.717) is 26.7 Å². The van der Waals surface area contributed by atoms with Crippen LogP contribution in [0.4, 0.5) is 5.69 Å². The standard InChI is InChI=1S/C19H18ClN3OS/c1-12(2)14-6-4-13(5-7-14)10-17-18(24)23(3)19(25-17)22-16-8-9-21-11-15(16)20/h4-12H,1-3H3/b17-10-,22-19?. The Bertz CT molecular complexity index is 859. The molecule has 1 aliphatic heterocycles. The number of aromatic nitrogens is 1. The van der Waals surface area contributed by atoms with Gasteiger partial charge < -0.3 is 0 Å². The fourth-order valence-corrected chi connectivity index (χ4v) is 3.48. The lowest BCUT2D eigenvalue weighted by molar-refractivity contribution is -0.121. The summed E-state index contributed by atoms with van der Waals surface area (Å²) in [5.41, 5.74) is 2.87. The van der Waals surface area contributed by atoms with Crippen molar-refractivity contribution >= 4 is 46.2 Å². The Morgan fingerprint density at radius 1 is 1.24 bits per heavy atom. The topological polar surface area (TPSA) is 45.6 Å². The lowest BCUT2D eigenvalue weighted by Gasteiger charge is -2.07. The second kappa shape index (κ2) is 7.42. The van der Waals surface area contributed by atoms with E-state index in [9.17, 15) is 4.79 Å². The van der Waals surface area contributed by atoms with Gasteiger partial charge in [-0.05, 0) is 40.9 Å². The molecule has 6 heteroatoms. The van der Waals surface area contributed by atoms with Gasteiger partial charge in [0.2, 0.25) is 0 Å². The van der Waals surface area contributed by atoms with Crippen LogP contribution in [0.1, 0.15) is 30.9 Å². The molecule has 0 bridgehead atoms. The molecule has 4 nitrogen and oxygen atoms in total. The number of amides is 1. The number of amidine groups is 1. The normalized spacial score (nSPS) is 18.0. The second-order valence-electron chi connectivity index (χ2n) is 6.02. The largest absolute Gasteiger partial charge is 0.290 e. The van der Waals surface area contributed by atoms with Crippen LogP contribution < -0.4 is 0 Å². The van der Waals surface area contributed by atoms with Gasteiger partial charge >= 0.3 is 0 Å². The van der Waals surface area contributed by atoms with Crippen LogP contribution in [0, 0.1) is 0 Å². The van der Waals surface area contributed by atoms with Gasteiger partial charge in [-0.1, -0.05) is 49.7 Å². The number of benzene rings is 1. The van der Waals surface area contributed by atoms with E-state index >= 15 is 0 Å². The summed E-state index contributed by atoms with van der Waals surface area (Å²) in [6, 6.07) is 9.98. The van der Waals surface area contributed by atoms with E-state index in [1.165, 1.54) is 28.4 Å². The number of hydrogen-bond donors (Lipinski definition) is 0. The van der Waals surface area contributed by atoms with Crippen LogP contribution >= 0.6 is 23.4 Å². The van der Waals surface area contributed by atoms with Crippen molar-refractivity contribution in [2.75, 3.05) is 7.05 Å². The maximum Gasteiger partial charge on any atom is 0.266 e. The van der Waals surface area contributed by atoms with Crippen molar-refractivity contribution in [3.63, 3.8) is 0 Å². The van der Waals surface area contributed by atoms with Gasteiger partial charge in [0, 0.05) is 19.4 Å². The highest BCUT2D eigenvalue weighted by Crippen LogP contribution is 2.34. The molecule has 0 radical (unpaired) electrons. The molecule has 1 aromatic carbocycles. The average Bonchev–Trinajstić information content (AvgIpc) is 2.85. The van der Waals surface area contributed by atoms with Crippen LogP contribution in [-0.4, -0.2) is 28.0 Å². The zero-order valence-corrected chi connectivity index (χ0v) is 15.8. The predicted octanol–water partition coefficient (Wildman–Crippen LogP) is 5.09. The Labute approximate surface area is 156 Å². The molecule has 2 heterocycles. The minimum atomic E-state index is -0.0677. The molecular weight excluding hydrogens is 354 g/mol. The van der Waals surface area contributed by atoms with Crippen molar-refractivity contribution in [3.05, 3.63) is 63.8 Å². The molecule has 1 amide bonds. The SMILES string of the molecule is CC(C)c1ccc(/C=C2\SC(=Nc3ccncc3Cl)N(C)C2=O)cc1. The van der Waals surface area contributed by atoms with Crippen molar-refractivity contribution in [2.24, 2.45) is 4.99 Å². The summed E-state index contributed by atoms with van der Waals surface area (Å²) >= 11 is 7.44. The molecule has 2 aromatic rings. The molecule has 1 saturated heterocycles. The number of halogens is 1. The molecule has 3 rings (SSSR count). The quantitative estimate of drug-likeness (QED) is 0.706. The molecule has 0 spiro atoms. The zero-order valence-electron chi connectivity index (χ0n) is 14.2. The number of hydrogen-bond acceptors (Lipinski definition) is 4. The molecule has 1 aliphatic rings.